The summed E-state index contributed by atoms with van der Waals surface area (Å²) in [6, 6.07) is 3.63. The Labute approximate surface area is 80.4 Å². The highest BCUT2D eigenvalue weighted by Crippen LogP contribution is 2.37. The molecule has 0 atom stereocenters. The first-order valence-electron chi connectivity index (χ1n) is 4.26. The van der Waals surface area contributed by atoms with Gasteiger partial charge in [-0.1, -0.05) is 0 Å². The third-order valence-corrected chi connectivity index (χ3v) is 2.41. The number of rotatable bonds is 0. The Morgan fingerprint density at radius 2 is 2.21 bits per heavy atom. The maximum atomic E-state index is 13.3. The molecule has 5 heteroatoms. The van der Waals surface area contributed by atoms with Crippen molar-refractivity contribution in [2.75, 3.05) is 0 Å². The van der Waals surface area contributed by atoms with E-state index in [1.54, 1.807) is 18.1 Å². The number of aromatic nitrogens is 1. The van der Waals surface area contributed by atoms with Gasteiger partial charge in [0.05, 0.1) is 5.70 Å². The molecule has 14 heavy (non-hydrogen) atoms. The van der Waals surface area contributed by atoms with Gasteiger partial charge in [0, 0.05) is 11.8 Å². The second-order valence-corrected chi connectivity index (χ2v) is 3.33. The van der Waals surface area contributed by atoms with Gasteiger partial charge in [0.25, 0.3) is 0 Å². The van der Waals surface area contributed by atoms with Crippen LogP contribution in [-0.4, -0.2) is 22.8 Å². The van der Waals surface area contributed by atoms with Crippen molar-refractivity contribution in [3.63, 3.8) is 0 Å². The van der Waals surface area contributed by atoms with Gasteiger partial charge in [-0.05, 0) is 30.6 Å². The molecule has 0 saturated carbocycles. The Balaban J connectivity index is 2.14. The minimum absolute atomic E-state index is 0.0173. The van der Waals surface area contributed by atoms with Gasteiger partial charge >= 0.3 is 13.5 Å². The minimum atomic E-state index is -2.84. The summed E-state index contributed by atoms with van der Waals surface area (Å²) in [5.74, 6) is -2.84. The molecule has 2 aliphatic heterocycles. The molecule has 3 rings (SSSR count). The van der Waals surface area contributed by atoms with Crippen LogP contribution < -0.4 is 0 Å². The summed E-state index contributed by atoms with van der Waals surface area (Å²) >= 11 is 0. The summed E-state index contributed by atoms with van der Waals surface area (Å²) in [5.41, 5.74) is 0.795. The average Bonchev–Trinajstić information content (AvgIpc) is 2.69. The number of hydrogen-bond donors (Lipinski definition) is 0. The minimum Gasteiger partial charge on any atom is -0.375 e. The monoisotopic (exact) mass is 191 g/mol. The van der Waals surface area contributed by atoms with E-state index in [1.165, 1.54) is 17.1 Å². The molecule has 2 nitrogen and oxygen atoms in total. The summed E-state index contributed by atoms with van der Waals surface area (Å²) < 4.78 is 28.3. The fourth-order valence-corrected chi connectivity index (χ4v) is 1.69. The largest absolute Gasteiger partial charge is 0.400 e. The Morgan fingerprint density at radius 1 is 1.36 bits per heavy atom. The molecule has 1 radical (unpaired) electrons. The van der Waals surface area contributed by atoms with E-state index < -0.39 is 5.92 Å². The topological polar surface area (TPSA) is 8.17 Å². The first-order valence-corrected chi connectivity index (χ1v) is 4.26. The van der Waals surface area contributed by atoms with Gasteiger partial charge in [-0.25, -0.2) is 0 Å². The van der Waals surface area contributed by atoms with E-state index in [9.17, 15) is 8.78 Å². The molecular formula is C9H6BF2N2. The van der Waals surface area contributed by atoms with Gasteiger partial charge < -0.3 is 9.29 Å². The number of allylic oxidation sites excluding steroid dienone is 1. The van der Waals surface area contributed by atoms with E-state index in [0.29, 0.717) is 0 Å². The number of halogens is 2. The first-order chi connectivity index (χ1) is 6.67. The van der Waals surface area contributed by atoms with Crippen LogP contribution in [0.1, 0.15) is 5.69 Å². The van der Waals surface area contributed by atoms with E-state index in [4.69, 9.17) is 0 Å². The number of nitrogens with zero attached hydrogens (tertiary/aromatic N) is 2. The van der Waals surface area contributed by atoms with Crippen LogP contribution in [0.4, 0.5) is 8.78 Å². The van der Waals surface area contributed by atoms with E-state index >= 15 is 0 Å². The molecule has 0 fully saturated rings. The van der Waals surface area contributed by atoms with Crippen LogP contribution in [0, 0.1) is 0 Å². The zero-order valence-electron chi connectivity index (χ0n) is 7.19. The lowest BCUT2D eigenvalue weighted by molar-refractivity contribution is 0.0929. The number of fused-ring (bicyclic) bond motifs is 2. The van der Waals surface area contributed by atoms with Crippen molar-refractivity contribution in [2.45, 2.75) is 5.92 Å². The molecule has 0 aromatic carbocycles. The van der Waals surface area contributed by atoms with E-state index in [-0.39, 0.29) is 5.70 Å². The summed E-state index contributed by atoms with van der Waals surface area (Å²) in [7, 11) is 1.64. The molecule has 0 saturated heterocycles. The third kappa shape index (κ3) is 0.894. The van der Waals surface area contributed by atoms with Crippen molar-refractivity contribution in [1.82, 2.24) is 9.29 Å². The lowest BCUT2D eigenvalue weighted by Gasteiger charge is -2.25. The van der Waals surface area contributed by atoms with Crippen LogP contribution in [0.2, 0.25) is 0 Å². The van der Waals surface area contributed by atoms with Crippen molar-refractivity contribution >= 4 is 13.6 Å². The lowest BCUT2D eigenvalue weighted by Crippen LogP contribution is -2.33. The molecule has 1 aromatic rings. The number of alkyl halides is 2. The van der Waals surface area contributed by atoms with Gasteiger partial charge in [0.1, 0.15) is 0 Å². The van der Waals surface area contributed by atoms with Crippen molar-refractivity contribution in [3.05, 3.63) is 42.0 Å². The molecule has 3 heterocycles. The van der Waals surface area contributed by atoms with Crippen molar-refractivity contribution < 1.29 is 8.78 Å². The molecule has 0 aliphatic carbocycles. The SMILES string of the molecule is FC1(F)C=CN2[B]n3cccc3C=C21. The molecule has 0 bridgehead atoms. The predicted octanol–water partition coefficient (Wildman–Crippen LogP) is 1.69. The molecule has 0 N–H and O–H groups in total. The summed E-state index contributed by atoms with van der Waals surface area (Å²) in [5, 5.41) is 0. The second kappa shape index (κ2) is 2.29. The standard InChI is InChI=1S/C9H6BF2N2/c11-9(12)3-5-14-8(9)6-7-2-1-4-13(7)10-14/h1-6H. The molecular weight excluding hydrogens is 185 g/mol. The summed E-state index contributed by atoms with van der Waals surface area (Å²) in [4.78, 5) is 1.44. The van der Waals surface area contributed by atoms with Gasteiger partial charge in [-0.15, -0.1) is 0 Å². The van der Waals surface area contributed by atoms with Gasteiger partial charge in [-0.2, -0.15) is 8.78 Å². The molecule has 0 unspecified atom stereocenters. The fourth-order valence-electron chi connectivity index (χ4n) is 1.69. The van der Waals surface area contributed by atoms with Crippen LogP contribution in [0.5, 0.6) is 0 Å². The highest BCUT2D eigenvalue weighted by Gasteiger charge is 2.41. The Hall–Kier alpha value is -1.52. The molecule has 69 valence electrons. The zero-order valence-corrected chi connectivity index (χ0v) is 7.19. The highest BCUT2D eigenvalue weighted by molar-refractivity contribution is 6.33. The third-order valence-electron chi connectivity index (χ3n) is 2.41. The van der Waals surface area contributed by atoms with Crippen molar-refractivity contribution in [2.24, 2.45) is 0 Å². The molecule has 0 spiro atoms. The smallest absolute Gasteiger partial charge is 0.375 e. The van der Waals surface area contributed by atoms with Crippen LogP contribution in [-0.2, 0) is 0 Å². The fraction of sp³-hybridized carbons (Fsp3) is 0.111. The van der Waals surface area contributed by atoms with Crippen LogP contribution >= 0.6 is 0 Å². The van der Waals surface area contributed by atoms with Crippen LogP contribution in [0.3, 0.4) is 0 Å². The zero-order chi connectivity index (χ0) is 9.76. The molecule has 2 aliphatic rings. The Bertz CT molecular complexity index is 447. The highest BCUT2D eigenvalue weighted by atomic mass is 19.3. The molecule has 1 aromatic heterocycles. The lowest BCUT2D eigenvalue weighted by atomic mass is 10.0. The van der Waals surface area contributed by atoms with Crippen molar-refractivity contribution in [1.29, 1.82) is 0 Å². The number of hydrogen-bond acceptors (Lipinski definition) is 1. The van der Waals surface area contributed by atoms with Gasteiger partial charge in [0.2, 0.25) is 0 Å². The van der Waals surface area contributed by atoms with Gasteiger partial charge in [-0.3, -0.25) is 0 Å². The van der Waals surface area contributed by atoms with E-state index in [2.05, 4.69) is 0 Å². The maximum Gasteiger partial charge on any atom is 0.400 e. The second-order valence-electron chi connectivity index (χ2n) is 3.33. The summed E-state index contributed by atoms with van der Waals surface area (Å²) in [6.07, 6.45) is 5.61. The maximum absolute atomic E-state index is 13.3. The quantitative estimate of drug-likeness (QED) is 0.566. The normalized spacial score (nSPS) is 21.3. The van der Waals surface area contributed by atoms with Gasteiger partial charge in [0.15, 0.2) is 0 Å². The van der Waals surface area contributed by atoms with Crippen molar-refractivity contribution in [3.8, 4) is 0 Å². The Morgan fingerprint density at radius 3 is 3.07 bits per heavy atom. The average molecular weight is 191 g/mol. The van der Waals surface area contributed by atoms with Crippen LogP contribution in [0.15, 0.2) is 36.3 Å². The summed E-state index contributed by atoms with van der Waals surface area (Å²) in [6.45, 7) is 0. The predicted molar refractivity (Wildman–Crippen MR) is 49.5 cm³/mol. The molecule has 0 amide bonds. The van der Waals surface area contributed by atoms with E-state index in [1.807, 2.05) is 12.3 Å². The first kappa shape index (κ1) is 7.85. The Kier molecular flexibility index (Phi) is 1.28. The van der Waals surface area contributed by atoms with Crippen LogP contribution in [0.25, 0.3) is 6.08 Å². The van der Waals surface area contributed by atoms with E-state index in [0.717, 1.165) is 11.8 Å².